The molecule has 5 nitrogen and oxygen atoms in total. The number of carbonyl (C=O) groups is 2. The Morgan fingerprint density at radius 3 is 2.39 bits per heavy atom. The number of halogens is 5. The second-order valence-electron chi connectivity index (χ2n) is 5.98. The first kappa shape index (κ1) is 22.2. The Hall–Kier alpha value is -2.09. The Bertz CT molecular complexity index is 918. The number of hydrogen-bond donors (Lipinski definition) is 3. The number of nitrogens with one attached hydrogen (secondary N) is 3. The maximum absolute atomic E-state index is 14.3. The molecule has 2 aromatic rings. The first-order valence-corrected chi connectivity index (χ1v) is 9.09. The summed E-state index contributed by atoms with van der Waals surface area (Å²) in [5.74, 6) is -2.97. The third-order valence-electron chi connectivity index (χ3n) is 3.56. The Kier molecular flexibility index (Phi) is 7.09. The first-order valence-electron chi connectivity index (χ1n) is 7.96. The number of alkyl halides is 2. The van der Waals surface area contributed by atoms with Gasteiger partial charge in [-0.1, -0.05) is 11.6 Å². The Balaban J connectivity index is 2.23. The minimum atomic E-state index is -1.25. The maximum atomic E-state index is 14.3. The molecule has 0 heterocycles. The second-order valence-corrected chi connectivity index (χ2v) is 8.25. The van der Waals surface area contributed by atoms with Crippen LogP contribution in [-0.4, -0.2) is 23.2 Å². The highest BCUT2D eigenvalue weighted by Gasteiger charge is 2.22. The molecule has 0 bridgehead atoms. The van der Waals surface area contributed by atoms with Crippen molar-refractivity contribution in [2.45, 2.75) is 17.7 Å². The summed E-state index contributed by atoms with van der Waals surface area (Å²) in [6.45, 7) is 1.47. The summed E-state index contributed by atoms with van der Waals surface area (Å²) in [5, 5.41) is 7.33. The summed E-state index contributed by atoms with van der Waals surface area (Å²) in [6, 6.07) is 6.29. The third kappa shape index (κ3) is 5.70. The van der Waals surface area contributed by atoms with Crippen LogP contribution in [0.1, 0.15) is 23.7 Å². The minimum Gasteiger partial charge on any atom is -0.383 e. The van der Waals surface area contributed by atoms with Crippen molar-refractivity contribution in [2.24, 2.45) is 0 Å². The van der Waals surface area contributed by atoms with Crippen LogP contribution >= 0.6 is 34.8 Å². The predicted octanol–water partition coefficient (Wildman–Crippen LogP) is 5.43. The van der Waals surface area contributed by atoms with Crippen LogP contribution in [-0.2, 0) is 4.79 Å². The maximum Gasteiger partial charge on any atom is 0.257 e. The SMILES string of the molecule is CNc1c(F)ccc(NC(=O)c2cc(NC(=O)CC(C)(Cl)Cl)ccc2Cl)c1F. The zero-order valence-electron chi connectivity index (χ0n) is 14.8. The first-order chi connectivity index (χ1) is 13.0. The van der Waals surface area contributed by atoms with Crippen molar-refractivity contribution in [3.63, 3.8) is 0 Å². The molecule has 28 heavy (non-hydrogen) atoms. The van der Waals surface area contributed by atoms with Gasteiger partial charge in [-0.3, -0.25) is 9.59 Å². The molecule has 0 aliphatic heterocycles. The van der Waals surface area contributed by atoms with E-state index in [9.17, 15) is 18.4 Å². The van der Waals surface area contributed by atoms with Gasteiger partial charge in [0.05, 0.1) is 22.7 Å². The molecule has 0 aliphatic carbocycles. The van der Waals surface area contributed by atoms with Gasteiger partial charge in [0.15, 0.2) is 5.82 Å². The standard InChI is InChI=1S/C18H16Cl3F2N3O2/c1-18(20,21)8-14(27)25-9-3-4-11(19)10(7-9)17(28)26-13-6-5-12(22)16(24-2)15(13)23/h3-7,24H,8H2,1-2H3,(H,25,27)(H,26,28). The van der Waals surface area contributed by atoms with Gasteiger partial charge >= 0.3 is 0 Å². The van der Waals surface area contributed by atoms with E-state index in [4.69, 9.17) is 34.8 Å². The molecule has 0 fully saturated rings. The molecule has 150 valence electrons. The summed E-state index contributed by atoms with van der Waals surface area (Å²) in [5.41, 5.74) is -0.363. The van der Waals surface area contributed by atoms with E-state index in [1.807, 2.05) is 0 Å². The van der Waals surface area contributed by atoms with Crippen LogP contribution in [0.4, 0.5) is 25.8 Å². The molecule has 2 aromatic carbocycles. The van der Waals surface area contributed by atoms with Crippen molar-refractivity contribution < 1.29 is 18.4 Å². The zero-order valence-corrected chi connectivity index (χ0v) is 17.1. The molecule has 0 unspecified atom stereocenters. The molecule has 0 aromatic heterocycles. The number of benzene rings is 2. The van der Waals surface area contributed by atoms with Gasteiger partial charge in [-0.05, 0) is 37.3 Å². The molecule has 0 radical (unpaired) electrons. The van der Waals surface area contributed by atoms with Crippen LogP contribution < -0.4 is 16.0 Å². The van der Waals surface area contributed by atoms with Gasteiger partial charge in [-0.2, -0.15) is 0 Å². The van der Waals surface area contributed by atoms with E-state index in [-0.39, 0.29) is 34.1 Å². The van der Waals surface area contributed by atoms with Gasteiger partial charge in [0.25, 0.3) is 5.91 Å². The lowest BCUT2D eigenvalue weighted by atomic mass is 10.1. The van der Waals surface area contributed by atoms with E-state index in [0.717, 1.165) is 12.1 Å². The average molecular weight is 451 g/mol. The van der Waals surface area contributed by atoms with Crippen LogP contribution in [0.5, 0.6) is 0 Å². The molecule has 0 atom stereocenters. The molecule has 2 rings (SSSR count). The van der Waals surface area contributed by atoms with Gasteiger partial charge < -0.3 is 16.0 Å². The van der Waals surface area contributed by atoms with Crippen molar-refractivity contribution in [3.05, 3.63) is 52.6 Å². The fraction of sp³-hybridized carbons (Fsp3) is 0.222. The predicted molar refractivity (Wildman–Crippen MR) is 109 cm³/mol. The quantitative estimate of drug-likeness (QED) is 0.514. The summed E-state index contributed by atoms with van der Waals surface area (Å²) in [6.07, 6.45) is -0.173. The van der Waals surface area contributed by atoms with E-state index in [2.05, 4.69) is 16.0 Å². The van der Waals surface area contributed by atoms with Crippen molar-refractivity contribution in [1.82, 2.24) is 0 Å². The Morgan fingerprint density at radius 1 is 1.11 bits per heavy atom. The average Bonchev–Trinajstić information content (AvgIpc) is 2.58. The second kappa shape index (κ2) is 8.94. The smallest absolute Gasteiger partial charge is 0.257 e. The lowest BCUT2D eigenvalue weighted by Crippen LogP contribution is -2.21. The van der Waals surface area contributed by atoms with Gasteiger partial charge in [0, 0.05) is 12.7 Å². The van der Waals surface area contributed by atoms with Crippen molar-refractivity contribution in [2.75, 3.05) is 23.0 Å². The summed E-state index contributed by atoms with van der Waals surface area (Å²) in [7, 11) is 1.35. The number of amides is 2. The van der Waals surface area contributed by atoms with Crippen molar-refractivity contribution >= 4 is 63.7 Å². The summed E-state index contributed by atoms with van der Waals surface area (Å²) >= 11 is 17.6. The highest BCUT2D eigenvalue weighted by Crippen LogP contribution is 2.28. The van der Waals surface area contributed by atoms with Crippen LogP contribution in [0.2, 0.25) is 5.02 Å². The van der Waals surface area contributed by atoms with Gasteiger partial charge in [-0.25, -0.2) is 8.78 Å². The van der Waals surface area contributed by atoms with Gasteiger partial charge in [0.2, 0.25) is 5.91 Å². The van der Waals surface area contributed by atoms with E-state index in [0.29, 0.717) is 0 Å². The lowest BCUT2D eigenvalue weighted by molar-refractivity contribution is -0.116. The van der Waals surface area contributed by atoms with E-state index in [1.165, 1.54) is 32.2 Å². The monoisotopic (exact) mass is 449 g/mol. The van der Waals surface area contributed by atoms with Crippen LogP contribution in [0.15, 0.2) is 30.3 Å². The van der Waals surface area contributed by atoms with Crippen LogP contribution in [0.25, 0.3) is 0 Å². The van der Waals surface area contributed by atoms with Crippen LogP contribution in [0.3, 0.4) is 0 Å². The Morgan fingerprint density at radius 2 is 1.79 bits per heavy atom. The lowest BCUT2D eigenvalue weighted by Gasteiger charge is -2.14. The minimum absolute atomic E-state index is 0.0197. The van der Waals surface area contributed by atoms with Gasteiger partial charge in [0.1, 0.15) is 15.8 Å². The molecule has 0 spiro atoms. The molecular formula is C18H16Cl3F2N3O2. The Labute approximate surface area is 175 Å². The molecular weight excluding hydrogens is 435 g/mol. The molecule has 0 aliphatic rings. The molecule has 2 amide bonds. The van der Waals surface area contributed by atoms with Gasteiger partial charge in [-0.15, -0.1) is 23.2 Å². The number of anilines is 3. The fourth-order valence-electron chi connectivity index (χ4n) is 2.33. The largest absolute Gasteiger partial charge is 0.383 e. The van der Waals surface area contributed by atoms with Crippen molar-refractivity contribution in [1.29, 1.82) is 0 Å². The van der Waals surface area contributed by atoms with Crippen LogP contribution in [0, 0.1) is 11.6 Å². The number of hydrogen-bond acceptors (Lipinski definition) is 3. The topological polar surface area (TPSA) is 70.2 Å². The summed E-state index contributed by atoms with van der Waals surface area (Å²) in [4.78, 5) is 24.4. The number of carbonyl (C=O) groups excluding carboxylic acids is 2. The van der Waals surface area contributed by atoms with E-state index >= 15 is 0 Å². The molecule has 0 saturated carbocycles. The zero-order chi connectivity index (χ0) is 21.1. The highest BCUT2D eigenvalue weighted by atomic mass is 35.5. The normalized spacial score (nSPS) is 11.1. The van der Waals surface area contributed by atoms with E-state index in [1.54, 1.807) is 0 Å². The highest BCUT2D eigenvalue weighted by molar-refractivity contribution is 6.49. The van der Waals surface area contributed by atoms with Crippen molar-refractivity contribution in [3.8, 4) is 0 Å². The molecule has 0 saturated heterocycles. The molecule has 3 N–H and O–H groups in total. The fourth-order valence-corrected chi connectivity index (χ4v) is 2.78. The van der Waals surface area contributed by atoms with E-state index < -0.39 is 27.8 Å². The number of rotatable bonds is 6. The summed E-state index contributed by atoms with van der Waals surface area (Å²) < 4.78 is 26.6. The molecule has 10 heteroatoms. The third-order valence-corrected chi connectivity index (χ3v) is 4.15.